The van der Waals surface area contributed by atoms with Crippen molar-refractivity contribution in [2.24, 2.45) is 17.6 Å². The maximum absolute atomic E-state index is 11.5. The van der Waals surface area contributed by atoms with Gasteiger partial charge < -0.3 is 15.8 Å². The van der Waals surface area contributed by atoms with Gasteiger partial charge in [0.05, 0.1) is 6.61 Å². The predicted molar refractivity (Wildman–Crippen MR) is 64.1 cm³/mol. The average molecular weight is 239 g/mol. The van der Waals surface area contributed by atoms with Gasteiger partial charge in [0.25, 0.3) is 0 Å². The number of rotatable bonds is 6. The van der Waals surface area contributed by atoms with E-state index in [1.54, 1.807) is 7.11 Å². The minimum Gasteiger partial charge on any atom is -0.384 e. The van der Waals surface area contributed by atoms with E-state index in [0.717, 1.165) is 0 Å². The highest BCUT2D eigenvalue weighted by Crippen LogP contribution is 2.00. The monoisotopic (exact) mass is 238 g/mol. The largest absolute Gasteiger partial charge is 0.384 e. The normalized spacial score (nSPS) is 16.1. The molecule has 0 saturated carbocycles. The van der Waals surface area contributed by atoms with Crippen molar-refractivity contribution < 1.29 is 9.53 Å². The summed E-state index contributed by atoms with van der Waals surface area (Å²) in [5, 5.41) is 2.85. The van der Waals surface area contributed by atoms with Gasteiger partial charge in [-0.25, -0.2) is 0 Å². The van der Waals surface area contributed by atoms with Crippen LogP contribution in [0.3, 0.4) is 0 Å². The number of amides is 1. The van der Waals surface area contributed by atoms with Crippen LogP contribution in [0.25, 0.3) is 0 Å². The first-order valence-corrected chi connectivity index (χ1v) is 5.01. The summed E-state index contributed by atoms with van der Waals surface area (Å²) in [5.74, 6) is 0.219. The Morgan fingerprint density at radius 3 is 2.33 bits per heavy atom. The number of hydrogen-bond acceptors (Lipinski definition) is 3. The van der Waals surface area contributed by atoms with E-state index in [-0.39, 0.29) is 30.3 Å². The molecule has 0 fully saturated rings. The second kappa shape index (κ2) is 8.95. The zero-order chi connectivity index (χ0) is 11.1. The molecule has 1 amide bonds. The number of carbonyl (C=O) groups excluding carboxylic acids is 1. The topological polar surface area (TPSA) is 64.3 Å². The van der Waals surface area contributed by atoms with E-state index in [1.807, 2.05) is 20.8 Å². The van der Waals surface area contributed by atoms with Gasteiger partial charge in [0, 0.05) is 25.6 Å². The third-order valence-electron chi connectivity index (χ3n) is 2.28. The first-order chi connectivity index (χ1) is 6.49. The summed E-state index contributed by atoms with van der Waals surface area (Å²) in [6, 6.07) is -0.104. The molecule has 0 aromatic heterocycles. The molecular formula is C10H23ClN2O2. The summed E-state index contributed by atoms with van der Waals surface area (Å²) >= 11 is 0. The summed E-state index contributed by atoms with van der Waals surface area (Å²) in [7, 11) is 1.66. The van der Waals surface area contributed by atoms with Crippen LogP contribution in [0, 0.1) is 11.8 Å². The number of halogens is 1. The van der Waals surface area contributed by atoms with Crippen LogP contribution in [-0.2, 0) is 9.53 Å². The molecule has 0 saturated heterocycles. The van der Waals surface area contributed by atoms with Crippen LogP contribution in [0.15, 0.2) is 0 Å². The molecule has 5 heteroatoms. The lowest BCUT2D eigenvalue weighted by Gasteiger charge is -2.17. The second-order valence-electron chi connectivity index (χ2n) is 3.95. The number of nitrogens with one attached hydrogen (secondary N) is 1. The van der Waals surface area contributed by atoms with Gasteiger partial charge in [-0.3, -0.25) is 4.79 Å². The number of hydrogen-bond donors (Lipinski definition) is 2. The Bertz CT molecular complexity index is 177. The SMILES string of the molecule is COCC(C)CNC(=O)C(C)C(C)N.Cl. The molecule has 15 heavy (non-hydrogen) atoms. The molecule has 0 aromatic carbocycles. The lowest BCUT2D eigenvalue weighted by atomic mass is 10.0. The molecule has 92 valence electrons. The second-order valence-corrected chi connectivity index (χ2v) is 3.95. The van der Waals surface area contributed by atoms with Crippen molar-refractivity contribution in [2.75, 3.05) is 20.3 Å². The molecule has 0 aromatic rings. The summed E-state index contributed by atoms with van der Waals surface area (Å²) in [6.45, 7) is 7.00. The first-order valence-electron chi connectivity index (χ1n) is 5.01. The number of methoxy groups -OCH3 is 1. The van der Waals surface area contributed by atoms with E-state index in [2.05, 4.69) is 5.32 Å². The van der Waals surface area contributed by atoms with E-state index < -0.39 is 0 Å². The Balaban J connectivity index is 0. The number of nitrogens with two attached hydrogens (primary N) is 1. The smallest absolute Gasteiger partial charge is 0.224 e. The summed E-state index contributed by atoms with van der Waals surface area (Å²) in [5.41, 5.74) is 5.62. The van der Waals surface area contributed by atoms with Crippen molar-refractivity contribution in [3.63, 3.8) is 0 Å². The molecule has 0 aliphatic rings. The van der Waals surface area contributed by atoms with Crippen LogP contribution >= 0.6 is 12.4 Å². The zero-order valence-electron chi connectivity index (χ0n) is 9.95. The Hall–Kier alpha value is -0.320. The first kappa shape index (κ1) is 17.1. The molecule has 0 aliphatic heterocycles. The standard InChI is InChI=1S/C10H22N2O2.ClH/c1-7(6-14-4)5-12-10(13)8(2)9(3)11;/h7-9H,5-6,11H2,1-4H3,(H,12,13);1H. The van der Waals surface area contributed by atoms with E-state index in [0.29, 0.717) is 19.1 Å². The van der Waals surface area contributed by atoms with Gasteiger partial charge in [0.15, 0.2) is 0 Å². The Kier molecular flexibility index (Phi) is 10.2. The van der Waals surface area contributed by atoms with E-state index in [4.69, 9.17) is 10.5 Å². The Morgan fingerprint density at radius 1 is 1.40 bits per heavy atom. The fourth-order valence-corrected chi connectivity index (χ4v) is 1.02. The molecule has 0 spiro atoms. The van der Waals surface area contributed by atoms with Crippen LogP contribution in [0.4, 0.5) is 0 Å². The van der Waals surface area contributed by atoms with Gasteiger partial charge in [-0.2, -0.15) is 0 Å². The third kappa shape index (κ3) is 7.59. The highest BCUT2D eigenvalue weighted by molar-refractivity contribution is 5.85. The lowest BCUT2D eigenvalue weighted by Crippen LogP contribution is -2.40. The Labute approximate surface area is 98.3 Å². The molecule has 3 atom stereocenters. The molecule has 0 aliphatic carbocycles. The molecule has 3 N–H and O–H groups in total. The third-order valence-corrected chi connectivity index (χ3v) is 2.28. The predicted octanol–water partition coefficient (Wildman–Crippen LogP) is 0.790. The van der Waals surface area contributed by atoms with Gasteiger partial charge in [-0.15, -0.1) is 12.4 Å². The lowest BCUT2D eigenvalue weighted by molar-refractivity contribution is -0.125. The van der Waals surface area contributed by atoms with Crippen molar-refractivity contribution in [2.45, 2.75) is 26.8 Å². The van der Waals surface area contributed by atoms with Crippen LogP contribution < -0.4 is 11.1 Å². The van der Waals surface area contributed by atoms with Crippen molar-refractivity contribution >= 4 is 18.3 Å². The number of carbonyl (C=O) groups is 1. The highest BCUT2D eigenvalue weighted by atomic mass is 35.5. The fourth-order valence-electron chi connectivity index (χ4n) is 1.02. The highest BCUT2D eigenvalue weighted by Gasteiger charge is 2.16. The van der Waals surface area contributed by atoms with Gasteiger partial charge in [-0.1, -0.05) is 13.8 Å². The number of ether oxygens (including phenoxy) is 1. The molecule has 0 heterocycles. The van der Waals surface area contributed by atoms with Crippen LogP contribution in [0.2, 0.25) is 0 Å². The average Bonchev–Trinajstić information content (AvgIpc) is 2.13. The van der Waals surface area contributed by atoms with Gasteiger partial charge >= 0.3 is 0 Å². The van der Waals surface area contributed by atoms with E-state index in [1.165, 1.54) is 0 Å². The van der Waals surface area contributed by atoms with Crippen LogP contribution in [0.5, 0.6) is 0 Å². The van der Waals surface area contributed by atoms with E-state index in [9.17, 15) is 4.79 Å². The molecule has 0 bridgehead atoms. The summed E-state index contributed by atoms with van der Waals surface area (Å²) in [6.07, 6.45) is 0. The maximum atomic E-state index is 11.5. The van der Waals surface area contributed by atoms with Gasteiger partial charge in [0.1, 0.15) is 0 Å². The van der Waals surface area contributed by atoms with E-state index >= 15 is 0 Å². The van der Waals surface area contributed by atoms with Crippen molar-refractivity contribution in [3.8, 4) is 0 Å². The quantitative estimate of drug-likeness (QED) is 0.719. The minimum atomic E-state index is -0.134. The van der Waals surface area contributed by atoms with Crippen LogP contribution in [0.1, 0.15) is 20.8 Å². The molecule has 3 unspecified atom stereocenters. The molecule has 0 radical (unpaired) electrons. The van der Waals surface area contributed by atoms with Gasteiger partial charge in [0.2, 0.25) is 5.91 Å². The summed E-state index contributed by atoms with van der Waals surface area (Å²) < 4.78 is 4.97. The summed E-state index contributed by atoms with van der Waals surface area (Å²) in [4.78, 5) is 11.5. The maximum Gasteiger partial charge on any atom is 0.224 e. The fraction of sp³-hybridized carbons (Fsp3) is 0.900. The zero-order valence-corrected chi connectivity index (χ0v) is 10.8. The van der Waals surface area contributed by atoms with Gasteiger partial charge in [-0.05, 0) is 12.8 Å². The van der Waals surface area contributed by atoms with Crippen molar-refractivity contribution in [1.29, 1.82) is 0 Å². The minimum absolute atomic E-state index is 0. The Morgan fingerprint density at radius 2 is 1.93 bits per heavy atom. The molecule has 0 rings (SSSR count). The van der Waals surface area contributed by atoms with Crippen molar-refractivity contribution in [1.82, 2.24) is 5.32 Å². The molecular weight excluding hydrogens is 216 g/mol. The van der Waals surface area contributed by atoms with Crippen molar-refractivity contribution in [3.05, 3.63) is 0 Å². The molecule has 4 nitrogen and oxygen atoms in total. The van der Waals surface area contributed by atoms with Crippen LogP contribution in [-0.4, -0.2) is 32.2 Å².